The van der Waals surface area contributed by atoms with Crippen molar-refractivity contribution in [2.24, 2.45) is 23.7 Å². The summed E-state index contributed by atoms with van der Waals surface area (Å²) in [5.74, 6) is 1.98. The molecule has 4 aromatic carbocycles. The van der Waals surface area contributed by atoms with E-state index in [9.17, 15) is 0 Å². The predicted octanol–water partition coefficient (Wildman–Crippen LogP) is 16.6. The summed E-state index contributed by atoms with van der Waals surface area (Å²) in [5, 5.41) is 9.52. The van der Waals surface area contributed by atoms with Crippen LogP contribution in [-0.4, -0.2) is 25.8 Å². The molecule has 8 aromatic rings. The normalized spacial score (nSPS) is 24.4. The van der Waals surface area contributed by atoms with Gasteiger partial charge in [-0.15, -0.1) is 0 Å². The van der Waals surface area contributed by atoms with Gasteiger partial charge in [0.2, 0.25) is 0 Å². The SMILES string of the molecule is CC1=CC(N(C2=CC(C)C(C)C(C)=C2)C2=c3c4ccccc4n4c3c(c3cc5c(cc34)c3ccc(N(C4=CC(C)C(C)C(C)=C4)C4C=C(C)C(C)=C(C)C4)c4c6ccccc6n5c34)CC2)CC(C)=C1C. The van der Waals surface area contributed by atoms with Crippen LogP contribution < -0.4 is 10.1 Å². The Kier molecular flexibility index (Phi) is 9.62. The van der Waals surface area contributed by atoms with Gasteiger partial charge in [0, 0.05) is 54.6 Å². The standard InChI is InChI=1S/C66H68N4/c1-35-25-47(26-36(2)43(35)9)67(48-27-37(3)44(10)38(4)28-48)59-23-21-51-55-33-62-56(34-61(55)69-57-19-15-13-17-53(57)63(59)65(51)69)52-22-24-60(64-54-18-14-16-20-58(54)70(62)66(52)64)68(49-29-39(5)45(11)40(6)30-49)50-31-41(7)46(12)42(8)32-50/h13-21,23,25-27,29-31,33-35,39,43,45,48,50H,22,24,28,32H2,1-12H3. The summed E-state index contributed by atoms with van der Waals surface area (Å²) in [7, 11) is 0. The summed E-state index contributed by atoms with van der Waals surface area (Å²) >= 11 is 0. The van der Waals surface area contributed by atoms with Crippen LogP contribution in [-0.2, 0) is 6.42 Å². The van der Waals surface area contributed by atoms with Crippen LogP contribution >= 0.6 is 0 Å². The molecule has 0 saturated heterocycles. The quantitative estimate of drug-likeness (QED) is 0.165. The molecule has 0 aliphatic heterocycles. The van der Waals surface area contributed by atoms with Crippen molar-refractivity contribution in [2.75, 3.05) is 4.90 Å². The van der Waals surface area contributed by atoms with E-state index in [4.69, 9.17) is 0 Å². The van der Waals surface area contributed by atoms with Crippen molar-refractivity contribution in [3.05, 3.63) is 176 Å². The first-order valence-corrected chi connectivity index (χ1v) is 26.4. The van der Waals surface area contributed by atoms with Crippen LogP contribution in [0.4, 0.5) is 5.69 Å². The lowest BCUT2D eigenvalue weighted by atomic mass is 9.83. The van der Waals surface area contributed by atoms with Gasteiger partial charge in [-0.1, -0.05) is 128 Å². The molecule has 5 aliphatic carbocycles. The minimum absolute atomic E-state index is 0.210. The number of anilines is 1. The summed E-state index contributed by atoms with van der Waals surface area (Å²) in [6.07, 6.45) is 19.3. The van der Waals surface area contributed by atoms with Crippen LogP contribution in [0.3, 0.4) is 0 Å². The van der Waals surface area contributed by atoms with Crippen molar-refractivity contribution in [3.8, 4) is 0 Å². The topological polar surface area (TPSA) is 15.3 Å². The third kappa shape index (κ3) is 6.01. The molecule has 4 heterocycles. The van der Waals surface area contributed by atoms with E-state index in [-0.39, 0.29) is 12.1 Å². The molecule has 0 bridgehead atoms. The first kappa shape index (κ1) is 43.5. The van der Waals surface area contributed by atoms with Crippen LogP contribution in [0.5, 0.6) is 0 Å². The number of aryl methyl sites for hydroxylation is 1. The molecular formula is C66H68N4. The maximum absolute atomic E-state index is 2.79. The fourth-order valence-electron chi connectivity index (χ4n) is 13.9. The van der Waals surface area contributed by atoms with E-state index < -0.39 is 0 Å². The lowest BCUT2D eigenvalue weighted by molar-refractivity contribution is 0.384. The molecule has 352 valence electrons. The average Bonchev–Trinajstić information content (AvgIpc) is 4.07. The van der Waals surface area contributed by atoms with Crippen LogP contribution in [0.25, 0.3) is 71.1 Å². The van der Waals surface area contributed by atoms with Crippen LogP contribution in [0, 0.1) is 23.7 Å². The fourth-order valence-corrected chi connectivity index (χ4v) is 13.9. The molecule has 4 heteroatoms. The minimum Gasteiger partial charge on any atom is -0.337 e. The lowest BCUT2D eigenvalue weighted by Crippen LogP contribution is -2.38. The molecule has 4 aromatic heterocycles. The zero-order valence-corrected chi connectivity index (χ0v) is 43.5. The Bertz CT molecular complexity index is 3950. The molecular weight excluding hydrogens is 849 g/mol. The van der Waals surface area contributed by atoms with Gasteiger partial charge in [0.15, 0.2) is 0 Å². The molecule has 0 spiro atoms. The molecule has 4 nitrogen and oxygen atoms in total. The molecule has 0 saturated carbocycles. The average molecular weight is 917 g/mol. The second-order valence-electron chi connectivity index (χ2n) is 22.6. The highest BCUT2D eigenvalue weighted by molar-refractivity contribution is 6.28. The Morgan fingerprint density at radius 2 is 1.01 bits per heavy atom. The van der Waals surface area contributed by atoms with E-state index >= 15 is 0 Å². The third-order valence-corrected chi connectivity index (χ3v) is 18.8. The van der Waals surface area contributed by atoms with Crippen molar-refractivity contribution >= 4 is 76.8 Å². The smallest absolute Gasteiger partial charge is 0.0641 e. The first-order chi connectivity index (χ1) is 33.7. The monoisotopic (exact) mass is 917 g/mol. The largest absolute Gasteiger partial charge is 0.337 e. The molecule has 0 amide bonds. The van der Waals surface area contributed by atoms with E-state index in [1.807, 2.05) is 0 Å². The molecule has 0 fully saturated rings. The second kappa shape index (κ2) is 15.5. The fraction of sp³-hybridized carbons (Fsp3) is 0.333. The molecule has 6 atom stereocenters. The van der Waals surface area contributed by atoms with E-state index in [2.05, 4.69) is 211 Å². The van der Waals surface area contributed by atoms with Crippen molar-refractivity contribution < 1.29 is 0 Å². The van der Waals surface area contributed by atoms with Gasteiger partial charge in [-0.2, -0.15) is 0 Å². The summed E-state index contributed by atoms with van der Waals surface area (Å²) in [5.41, 5.74) is 26.5. The lowest BCUT2D eigenvalue weighted by Gasteiger charge is -2.40. The van der Waals surface area contributed by atoms with Gasteiger partial charge in [-0.25, -0.2) is 0 Å². The number of allylic oxidation sites excluding steroid dienone is 10. The number of hydrogen-bond donors (Lipinski definition) is 0. The highest BCUT2D eigenvalue weighted by Crippen LogP contribution is 2.49. The van der Waals surface area contributed by atoms with E-state index in [0.717, 1.165) is 25.7 Å². The van der Waals surface area contributed by atoms with Gasteiger partial charge in [-0.05, 0) is 164 Å². The number of benzene rings is 4. The Balaban J connectivity index is 1.09. The van der Waals surface area contributed by atoms with Crippen molar-refractivity contribution in [1.29, 1.82) is 0 Å². The molecule has 0 radical (unpaired) electrons. The maximum Gasteiger partial charge on any atom is 0.0641 e. The van der Waals surface area contributed by atoms with Gasteiger partial charge in [0.05, 0.1) is 50.9 Å². The van der Waals surface area contributed by atoms with E-state index in [0.29, 0.717) is 23.7 Å². The summed E-state index contributed by atoms with van der Waals surface area (Å²) in [6.45, 7) is 28.2. The van der Waals surface area contributed by atoms with Crippen LogP contribution in [0.2, 0.25) is 0 Å². The highest BCUT2D eigenvalue weighted by Gasteiger charge is 2.35. The Morgan fingerprint density at radius 3 is 1.63 bits per heavy atom. The zero-order chi connectivity index (χ0) is 48.3. The summed E-state index contributed by atoms with van der Waals surface area (Å²) in [6, 6.07) is 29.1. The number of rotatable bonds is 6. The molecule has 70 heavy (non-hydrogen) atoms. The van der Waals surface area contributed by atoms with Crippen molar-refractivity contribution in [3.63, 3.8) is 0 Å². The molecule has 5 aliphatic rings. The summed E-state index contributed by atoms with van der Waals surface area (Å²) < 4.78 is 5.29. The number of para-hydroxylation sites is 2. The number of fused-ring (bicyclic) bond motifs is 12. The van der Waals surface area contributed by atoms with Crippen LogP contribution in [0.1, 0.15) is 108 Å². The van der Waals surface area contributed by atoms with Gasteiger partial charge in [0.25, 0.3) is 0 Å². The number of hydrogen-bond acceptors (Lipinski definition) is 2. The minimum atomic E-state index is 0.210. The van der Waals surface area contributed by atoms with E-state index in [1.54, 1.807) is 0 Å². The molecule has 6 unspecified atom stereocenters. The van der Waals surface area contributed by atoms with Gasteiger partial charge >= 0.3 is 0 Å². The van der Waals surface area contributed by atoms with Crippen LogP contribution in [0.15, 0.2) is 165 Å². The summed E-state index contributed by atoms with van der Waals surface area (Å²) in [4.78, 5) is 5.50. The number of nitrogens with zero attached hydrogens (tertiary/aromatic N) is 4. The second-order valence-corrected chi connectivity index (χ2v) is 22.6. The maximum atomic E-state index is 2.79. The predicted molar refractivity (Wildman–Crippen MR) is 300 cm³/mol. The van der Waals surface area contributed by atoms with Crippen molar-refractivity contribution in [2.45, 2.75) is 121 Å². The van der Waals surface area contributed by atoms with Gasteiger partial charge < -0.3 is 18.6 Å². The molecule has 0 N–H and O–H groups in total. The Morgan fingerprint density at radius 1 is 0.486 bits per heavy atom. The molecule has 13 rings (SSSR count). The Labute approximate surface area is 414 Å². The Hall–Kier alpha value is -6.52. The van der Waals surface area contributed by atoms with Gasteiger partial charge in [-0.3, -0.25) is 0 Å². The number of aromatic nitrogens is 2. The van der Waals surface area contributed by atoms with E-state index in [1.165, 1.54) is 144 Å². The third-order valence-electron chi connectivity index (χ3n) is 18.8. The van der Waals surface area contributed by atoms with Gasteiger partial charge in [0.1, 0.15) is 0 Å². The zero-order valence-electron chi connectivity index (χ0n) is 43.5. The van der Waals surface area contributed by atoms with Crippen molar-refractivity contribution in [1.82, 2.24) is 13.7 Å². The first-order valence-electron chi connectivity index (χ1n) is 26.4. The highest BCUT2D eigenvalue weighted by atomic mass is 15.2.